The molecule has 1 aromatic rings. The number of thioether (sulfide) groups is 1. The highest BCUT2D eigenvalue weighted by Gasteiger charge is 2.61. The molecule has 1 fully saturated rings. The van der Waals surface area contributed by atoms with Crippen LogP contribution in [0.2, 0.25) is 0 Å². The van der Waals surface area contributed by atoms with Crippen LogP contribution in [-0.4, -0.2) is 27.8 Å². The monoisotopic (exact) mass is 277 g/mol. The molecule has 4 nitrogen and oxygen atoms in total. The standard InChI is InChI=1S/C9H9F2N3OS2/c1-2-3-16-8-14-13-7(17-8)12-6(15)5-4-9(5,10)11/h2,5H,1,3-4H2,(H,12,13,15). The molecule has 8 heteroatoms. The summed E-state index contributed by atoms with van der Waals surface area (Å²) < 4.78 is 25.9. The molecule has 0 bridgehead atoms. The van der Waals surface area contributed by atoms with E-state index >= 15 is 0 Å². The number of nitrogens with zero attached hydrogens (tertiary/aromatic N) is 2. The Balaban J connectivity index is 1.89. The van der Waals surface area contributed by atoms with Gasteiger partial charge in [-0.1, -0.05) is 29.2 Å². The summed E-state index contributed by atoms with van der Waals surface area (Å²) in [6.45, 7) is 3.56. The number of carbonyl (C=O) groups is 1. The first-order valence-electron chi connectivity index (χ1n) is 4.79. The van der Waals surface area contributed by atoms with Gasteiger partial charge in [0, 0.05) is 12.2 Å². The number of anilines is 1. The molecule has 1 aromatic heterocycles. The average molecular weight is 277 g/mol. The Morgan fingerprint density at radius 1 is 1.71 bits per heavy atom. The second kappa shape index (κ2) is 4.69. The summed E-state index contributed by atoms with van der Waals surface area (Å²) in [5.74, 6) is -4.07. The lowest BCUT2D eigenvalue weighted by atomic mass is 10.4. The Morgan fingerprint density at radius 3 is 3.00 bits per heavy atom. The van der Waals surface area contributed by atoms with Gasteiger partial charge in [0.1, 0.15) is 5.92 Å². The summed E-state index contributed by atoms with van der Waals surface area (Å²) in [6.07, 6.45) is 1.34. The molecular weight excluding hydrogens is 268 g/mol. The van der Waals surface area contributed by atoms with Crippen LogP contribution in [0, 0.1) is 5.92 Å². The molecule has 0 saturated heterocycles. The zero-order valence-corrected chi connectivity index (χ0v) is 10.3. The molecule has 1 heterocycles. The van der Waals surface area contributed by atoms with Gasteiger partial charge in [-0.25, -0.2) is 8.78 Å². The van der Waals surface area contributed by atoms with E-state index in [0.29, 0.717) is 10.1 Å². The van der Waals surface area contributed by atoms with Gasteiger partial charge in [0.25, 0.3) is 5.92 Å². The number of rotatable bonds is 5. The molecule has 1 saturated carbocycles. The molecule has 1 N–H and O–H groups in total. The highest BCUT2D eigenvalue weighted by Crippen LogP contribution is 2.49. The van der Waals surface area contributed by atoms with Crippen molar-refractivity contribution in [1.29, 1.82) is 0 Å². The summed E-state index contributed by atoms with van der Waals surface area (Å²) in [5.41, 5.74) is 0. The van der Waals surface area contributed by atoms with E-state index in [1.165, 1.54) is 11.8 Å². The molecule has 1 amide bonds. The van der Waals surface area contributed by atoms with Crippen LogP contribution in [0.4, 0.5) is 13.9 Å². The minimum atomic E-state index is -2.85. The van der Waals surface area contributed by atoms with Crippen LogP contribution in [0.1, 0.15) is 6.42 Å². The molecule has 1 aliphatic rings. The quantitative estimate of drug-likeness (QED) is 0.510. The fourth-order valence-corrected chi connectivity index (χ4v) is 2.65. The maximum atomic E-state index is 12.6. The van der Waals surface area contributed by atoms with Crippen LogP contribution in [-0.2, 0) is 4.79 Å². The largest absolute Gasteiger partial charge is 0.300 e. The normalized spacial score (nSPS) is 20.9. The summed E-state index contributed by atoms with van der Waals surface area (Å²) >= 11 is 2.58. The summed E-state index contributed by atoms with van der Waals surface area (Å²) in [7, 11) is 0. The fourth-order valence-electron chi connectivity index (χ4n) is 1.14. The van der Waals surface area contributed by atoms with E-state index in [4.69, 9.17) is 0 Å². The molecule has 1 atom stereocenters. The van der Waals surface area contributed by atoms with Crippen LogP contribution >= 0.6 is 23.1 Å². The number of hydrogen-bond donors (Lipinski definition) is 1. The number of alkyl halides is 2. The molecule has 2 rings (SSSR count). The molecule has 1 unspecified atom stereocenters. The van der Waals surface area contributed by atoms with Gasteiger partial charge in [0.05, 0.1) is 0 Å². The van der Waals surface area contributed by atoms with Crippen LogP contribution < -0.4 is 5.32 Å². The van der Waals surface area contributed by atoms with Crippen molar-refractivity contribution in [1.82, 2.24) is 10.2 Å². The van der Waals surface area contributed by atoms with Gasteiger partial charge in [-0.05, 0) is 0 Å². The maximum Gasteiger partial charge on any atom is 0.260 e. The topological polar surface area (TPSA) is 54.9 Å². The Bertz CT molecular complexity index is 449. The zero-order chi connectivity index (χ0) is 12.5. The van der Waals surface area contributed by atoms with Crippen molar-refractivity contribution in [3.8, 4) is 0 Å². The highest BCUT2D eigenvalue weighted by atomic mass is 32.2. The van der Waals surface area contributed by atoms with Crippen LogP contribution in [0.3, 0.4) is 0 Å². The van der Waals surface area contributed by atoms with Crippen LogP contribution in [0.15, 0.2) is 17.0 Å². The second-order valence-electron chi connectivity index (χ2n) is 3.48. The number of carbonyl (C=O) groups excluding carboxylic acids is 1. The van der Waals surface area contributed by atoms with Gasteiger partial charge in [-0.3, -0.25) is 4.79 Å². The number of aromatic nitrogens is 2. The van der Waals surface area contributed by atoms with E-state index in [0.717, 1.165) is 11.3 Å². The Kier molecular flexibility index (Phi) is 3.43. The van der Waals surface area contributed by atoms with E-state index in [1.807, 2.05) is 0 Å². The minimum Gasteiger partial charge on any atom is -0.300 e. The van der Waals surface area contributed by atoms with Crippen molar-refractivity contribution >= 4 is 34.1 Å². The number of nitrogens with one attached hydrogen (secondary N) is 1. The Morgan fingerprint density at radius 2 is 2.41 bits per heavy atom. The van der Waals surface area contributed by atoms with E-state index in [9.17, 15) is 13.6 Å². The van der Waals surface area contributed by atoms with Gasteiger partial charge in [-0.2, -0.15) is 0 Å². The lowest BCUT2D eigenvalue weighted by Gasteiger charge is -1.98. The first kappa shape index (κ1) is 12.4. The van der Waals surface area contributed by atoms with Gasteiger partial charge in [0.15, 0.2) is 4.34 Å². The minimum absolute atomic E-state index is 0.254. The van der Waals surface area contributed by atoms with Crippen molar-refractivity contribution in [3.63, 3.8) is 0 Å². The molecule has 92 valence electrons. The predicted octanol–water partition coefficient (Wildman–Crippen LogP) is 2.41. The van der Waals surface area contributed by atoms with Crippen molar-refractivity contribution in [2.75, 3.05) is 11.1 Å². The van der Waals surface area contributed by atoms with E-state index in [2.05, 4.69) is 22.1 Å². The molecule has 17 heavy (non-hydrogen) atoms. The number of halogens is 2. The smallest absolute Gasteiger partial charge is 0.260 e. The Hall–Kier alpha value is -1.02. The third kappa shape index (κ3) is 3.01. The second-order valence-corrected chi connectivity index (χ2v) is 5.72. The molecule has 0 aromatic carbocycles. The number of amides is 1. The average Bonchev–Trinajstić information content (AvgIpc) is 2.72. The zero-order valence-electron chi connectivity index (χ0n) is 8.65. The molecule has 0 radical (unpaired) electrons. The maximum absolute atomic E-state index is 12.6. The van der Waals surface area contributed by atoms with Crippen LogP contribution in [0.25, 0.3) is 0 Å². The first-order chi connectivity index (χ1) is 8.03. The lowest BCUT2D eigenvalue weighted by molar-refractivity contribution is -0.119. The molecule has 0 aliphatic heterocycles. The SMILES string of the molecule is C=CCSc1nnc(NC(=O)C2CC2(F)F)s1. The van der Waals surface area contributed by atoms with Crippen molar-refractivity contribution in [2.24, 2.45) is 5.92 Å². The molecule has 1 aliphatic carbocycles. The number of hydrogen-bond acceptors (Lipinski definition) is 5. The summed E-state index contributed by atoms with van der Waals surface area (Å²) in [6, 6.07) is 0. The Labute approximate surface area is 105 Å². The predicted molar refractivity (Wildman–Crippen MR) is 62.5 cm³/mol. The van der Waals surface area contributed by atoms with Crippen molar-refractivity contribution < 1.29 is 13.6 Å². The van der Waals surface area contributed by atoms with E-state index < -0.39 is 17.7 Å². The summed E-state index contributed by atoms with van der Waals surface area (Å²) in [5, 5.41) is 10.1. The van der Waals surface area contributed by atoms with Crippen molar-refractivity contribution in [2.45, 2.75) is 16.7 Å². The van der Waals surface area contributed by atoms with Gasteiger partial charge in [-0.15, -0.1) is 16.8 Å². The van der Waals surface area contributed by atoms with E-state index in [-0.39, 0.29) is 11.6 Å². The van der Waals surface area contributed by atoms with Gasteiger partial charge < -0.3 is 5.32 Å². The molecule has 0 spiro atoms. The van der Waals surface area contributed by atoms with E-state index in [1.54, 1.807) is 6.08 Å². The third-order valence-electron chi connectivity index (χ3n) is 2.10. The van der Waals surface area contributed by atoms with Gasteiger partial charge in [0.2, 0.25) is 11.0 Å². The third-order valence-corrected chi connectivity index (χ3v) is 4.07. The first-order valence-corrected chi connectivity index (χ1v) is 6.59. The van der Waals surface area contributed by atoms with Crippen LogP contribution in [0.5, 0.6) is 0 Å². The fraction of sp³-hybridized carbons (Fsp3) is 0.444. The molecular formula is C9H9F2N3OS2. The highest BCUT2D eigenvalue weighted by molar-refractivity contribution is 8.01. The van der Waals surface area contributed by atoms with Gasteiger partial charge >= 0.3 is 0 Å². The van der Waals surface area contributed by atoms with Crippen molar-refractivity contribution in [3.05, 3.63) is 12.7 Å². The lowest BCUT2D eigenvalue weighted by Crippen LogP contribution is -2.17. The summed E-state index contributed by atoms with van der Waals surface area (Å²) in [4.78, 5) is 11.3.